The first-order chi connectivity index (χ1) is 10.7. The number of aryl methyl sites for hydroxylation is 1. The number of nitrogens with zero attached hydrogens (tertiary/aromatic N) is 1. The van der Waals surface area contributed by atoms with Crippen molar-refractivity contribution < 1.29 is 4.79 Å². The van der Waals surface area contributed by atoms with E-state index in [1.54, 1.807) is 0 Å². The molecule has 2 aromatic carbocycles. The third kappa shape index (κ3) is 3.02. The van der Waals surface area contributed by atoms with E-state index >= 15 is 0 Å². The van der Waals surface area contributed by atoms with Crippen molar-refractivity contribution in [2.75, 3.05) is 7.05 Å². The van der Waals surface area contributed by atoms with Gasteiger partial charge in [-0.15, -0.1) is 0 Å². The highest BCUT2D eigenvalue weighted by Gasteiger charge is 2.26. The maximum Gasteiger partial charge on any atom is 0.227 e. The zero-order valence-electron chi connectivity index (χ0n) is 12.8. The van der Waals surface area contributed by atoms with E-state index < -0.39 is 0 Å². The fourth-order valence-corrected chi connectivity index (χ4v) is 3.44. The first kappa shape index (κ1) is 15.1. The molecule has 0 aliphatic heterocycles. The van der Waals surface area contributed by atoms with Crippen molar-refractivity contribution in [1.82, 2.24) is 4.90 Å². The lowest BCUT2D eigenvalue weighted by Gasteiger charge is -2.33. The average Bonchev–Trinajstić information content (AvgIpc) is 2.55. The van der Waals surface area contributed by atoms with Crippen LogP contribution in [0.2, 0.25) is 5.02 Å². The van der Waals surface area contributed by atoms with Gasteiger partial charge in [0.2, 0.25) is 5.91 Å². The predicted octanol–water partition coefficient (Wildman–Crippen LogP) is 4.42. The molecule has 0 unspecified atom stereocenters. The van der Waals surface area contributed by atoms with Gasteiger partial charge in [0.25, 0.3) is 0 Å². The number of carbonyl (C=O) groups excluding carboxylic acids is 1. The first-order valence-electron chi connectivity index (χ1n) is 7.73. The second-order valence-corrected chi connectivity index (χ2v) is 6.29. The fourth-order valence-electron chi connectivity index (χ4n) is 3.23. The summed E-state index contributed by atoms with van der Waals surface area (Å²) in [5.41, 5.74) is 3.56. The summed E-state index contributed by atoms with van der Waals surface area (Å²) in [6, 6.07) is 16.2. The Morgan fingerprint density at radius 1 is 1.18 bits per heavy atom. The van der Waals surface area contributed by atoms with Crippen molar-refractivity contribution in [3.63, 3.8) is 0 Å². The molecule has 2 aromatic rings. The second-order valence-electron chi connectivity index (χ2n) is 5.88. The normalized spacial score (nSPS) is 16.9. The van der Waals surface area contributed by atoms with Crippen LogP contribution >= 0.6 is 11.6 Å². The van der Waals surface area contributed by atoms with E-state index in [-0.39, 0.29) is 11.9 Å². The monoisotopic (exact) mass is 313 g/mol. The van der Waals surface area contributed by atoms with Crippen LogP contribution in [-0.2, 0) is 17.6 Å². The van der Waals surface area contributed by atoms with E-state index in [1.807, 2.05) is 36.2 Å². The molecule has 1 aliphatic rings. The minimum absolute atomic E-state index is 0.120. The fraction of sp³-hybridized carbons (Fsp3) is 0.316. The number of benzene rings is 2. The van der Waals surface area contributed by atoms with E-state index in [2.05, 4.69) is 24.3 Å². The molecule has 0 N–H and O–H groups in total. The van der Waals surface area contributed by atoms with E-state index in [1.165, 1.54) is 11.1 Å². The summed E-state index contributed by atoms with van der Waals surface area (Å²) in [6.07, 6.45) is 3.63. The third-order valence-electron chi connectivity index (χ3n) is 4.50. The van der Waals surface area contributed by atoms with Crippen molar-refractivity contribution in [2.24, 2.45) is 0 Å². The molecule has 0 heterocycles. The standard InChI is InChI=1S/C19H20ClNO/c1-21(19(22)13-15-8-3-5-11-17(15)20)18-12-6-9-14-7-2-4-10-16(14)18/h2-5,7-8,10-11,18H,6,9,12-13H2,1H3/t18-/m1/s1. The maximum atomic E-state index is 12.6. The Morgan fingerprint density at radius 2 is 1.91 bits per heavy atom. The lowest BCUT2D eigenvalue weighted by atomic mass is 9.87. The number of carbonyl (C=O) groups is 1. The van der Waals surface area contributed by atoms with Crippen molar-refractivity contribution in [2.45, 2.75) is 31.7 Å². The molecule has 0 saturated carbocycles. The van der Waals surface area contributed by atoms with Gasteiger partial charge in [-0.3, -0.25) is 4.79 Å². The van der Waals surface area contributed by atoms with Crippen LogP contribution in [0.1, 0.15) is 35.6 Å². The van der Waals surface area contributed by atoms with Crippen LogP contribution in [0.15, 0.2) is 48.5 Å². The lowest BCUT2D eigenvalue weighted by Crippen LogP contribution is -2.34. The molecule has 1 amide bonds. The molecule has 0 radical (unpaired) electrons. The molecule has 3 heteroatoms. The van der Waals surface area contributed by atoms with Crippen LogP contribution in [0, 0.1) is 0 Å². The zero-order valence-corrected chi connectivity index (χ0v) is 13.5. The third-order valence-corrected chi connectivity index (χ3v) is 4.87. The van der Waals surface area contributed by atoms with Gasteiger partial charge in [0, 0.05) is 12.1 Å². The van der Waals surface area contributed by atoms with Gasteiger partial charge in [-0.2, -0.15) is 0 Å². The Morgan fingerprint density at radius 3 is 2.73 bits per heavy atom. The van der Waals surface area contributed by atoms with Crippen LogP contribution in [0.3, 0.4) is 0 Å². The molecule has 2 nitrogen and oxygen atoms in total. The van der Waals surface area contributed by atoms with Gasteiger partial charge in [-0.25, -0.2) is 0 Å². The summed E-state index contributed by atoms with van der Waals surface area (Å²) in [5, 5.41) is 0.660. The number of likely N-dealkylation sites (N-methyl/N-ethyl adjacent to an activating group) is 1. The van der Waals surface area contributed by atoms with Crippen molar-refractivity contribution in [3.05, 3.63) is 70.2 Å². The van der Waals surface area contributed by atoms with E-state index in [0.717, 1.165) is 24.8 Å². The molecule has 3 rings (SSSR count). The van der Waals surface area contributed by atoms with Crippen molar-refractivity contribution in [1.29, 1.82) is 0 Å². The quantitative estimate of drug-likeness (QED) is 0.821. The number of amides is 1. The Kier molecular flexibility index (Phi) is 4.49. The van der Waals surface area contributed by atoms with Gasteiger partial charge in [0.05, 0.1) is 12.5 Å². The number of hydrogen-bond acceptors (Lipinski definition) is 1. The largest absolute Gasteiger partial charge is 0.338 e. The summed E-state index contributed by atoms with van der Waals surface area (Å²) in [5.74, 6) is 0.120. The van der Waals surface area contributed by atoms with E-state index in [9.17, 15) is 4.79 Å². The Balaban J connectivity index is 1.78. The van der Waals surface area contributed by atoms with Crippen molar-refractivity contribution in [3.8, 4) is 0 Å². The molecule has 22 heavy (non-hydrogen) atoms. The van der Waals surface area contributed by atoms with E-state index in [4.69, 9.17) is 11.6 Å². The van der Waals surface area contributed by atoms with Gasteiger partial charge < -0.3 is 4.90 Å². The topological polar surface area (TPSA) is 20.3 Å². The lowest BCUT2D eigenvalue weighted by molar-refractivity contribution is -0.131. The van der Waals surface area contributed by atoms with Gasteiger partial charge >= 0.3 is 0 Å². The summed E-state index contributed by atoms with van der Waals surface area (Å²) < 4.78 is 0. The van der Waals surface area contributed by atoms with Crippen LogP contribution in [0.5, 0.6) is 0 Å². The van der Waals surface area contributed by atoms with Crippen LogP contribution < -0.4 is 0 Å². The second kappa shape index (κ2) is 6.53. The highest BCUT2D eigenvalue weighted by molar-refractivity contribution is 6.31. The highest BCUT2D eigenvalue weighted by atomic mass is 35.5. The smallest absolute Gasteiger partial charge is 0.227 e. The summed E-state index contributed by atoms with van der Waals surface area (Å²) in [7, 11) is 1.91. The Hall–Kier alpha value is -1.80. The molecule has 0 saturated heterocycles. The van der Waals surface area contributed by atoms with Gasteiger partial charge in [0.1, 0.15) is 0 Å². The predicted molar refractivity (Wildman–Crippen MR) is 90.0 cm³/mol. The summed E-state index contributed by atoms with van der Waals surface area (Å²) in [4.78, 5) is 14.5. The number of halogens is 1. The molecule has 1 atom stereocenters. The van der Waals surface area contributed by atoms with Gasteiger partial charge in [-0.1, -0.05) is 54.1 Å². The average molecular weight is 314 g/mol. The molecule has 0 fully saturated rings. The summed E-state index contributed by atoms with van der Waals surface area (Å²) in [6.45, 7) is 0. The minimum Gasteiger partial charge on any atom is -0.338 e. The van der Waals surface area contributed by atoms with Crippen molar-refractivity contribution >= 4 is 17.5 Å². The molecule has 0 bridgehead atoms. The van der Waals surface area contributed by atoms with Crippen LogP contribution in [0.4, 0.5) is 0 Å². The minimum atomic E-state index is 0.120. The number of fused-ring (bicyclic) bond motifs is 1. The molecule has 0 aromatic heterocycles. The van der Waals surface area contributed by atoms with E-state index in [0.29, 0.717) is 11.4 Å². The molecule has 1 aliphatic carbocycles. The van der Waals surface area contributed by atoms with Crippen LogP contribution in [0.25, 0.3) is 0 Å². The molecular weight excluding hydrogens is 294 g/mol. The van der Waals surface area contributed by atoms with Gasteiger partial charge in [-0.05, 0) is 42.0 Å². The number of hydrogen-bond donors (Lipinski definition) is 0. The van der Waals surface area contributed by atoms with Gasteiger partial charge in [0.15, 0.2) is 0 Å². The number of rotatable bonds is 3. The SMILES string of the molecule is CN(C(=O)Cc1ccccc1Cl)[C@@H]1CCCc2ccccc21. The van der Waals surface area contributed by atoms with Crippen LogP contribution in [-0.4, -0.2) is 17.9 Å². The Bertz CT molecular complexity index is 683. The first-order valence-corrected chi connectivity index (χ1v) is 8.11. The Labute approximate surface area is 136 Å². The zero-order chi connectivity index (χ0) is 15.5. The molecular formula is C19H20ClNO. The molecule has 0 spiro atoms. The maximum absolute atomic E-state index is 12.6. The highest BCUT2D eigenvalue weighted by Crippen LogP contribution is 2.33. The summed E-state index contributed by atoms with van der Waals surface area (Å²) >= 11 is 6.17. The molecule has 114 valence electrons.